The minimum absolute atomic E-state index is 0.0404. The molecule has 5 rings (SSSR count). The Morgan fingerprint density at radius 3 is 2.44 bits per heavy atom. The Morgan fingerprint density at radius 2 is 1.78 bits per heavy atom. The van der Waals surface area contributed by atoms with E-state index in [1.54, 1.807) is 12.4 Å². The molecule has 0 aromatic carbocycles. The van der Waals surface area contributed by atoms with Gasteiger partial charge in [0.1, 0.15) is 0 Å². The zero-order chi connectivity index (χ0) is 18.9. The maximum Gasteiger partial charge on any atom is 0.222 e. The predicted molar refractivity (Wildman–Crippen MR) is 107 cm³/mol. The van der Waals surface area contributed by atoms with Crippen LogP contribution in [0.5, 0.6) is 0 Å². The summed E-state index contributed by atoms with van der Waals surface area (Å²) in [5.41, 5.74) is 1.20. The maximum absolute atomic E-state index is 12.5. The van der Waals surface area contributed by atoms with Crippen molar-refractivity contribution >= 4 is 27.7 Å². The third-order valence-corrected chi connectivity index (χ3v) is 7.49. The summed E-state index contributed by atoms with van der Waals surface area (Å²) in [4.78, 5) is 28.5. The van der Waals surface area contributed by atoms with Crippen LogP contribution < -0.4 is 10.6 Å². The molecule has 1 heterocycles. The SMILES string of the molecule is O=C(CCNC(=O)CC12CC3CC(CC(Br)(C3)C1)C2)NCc1ccncc1. The van der Waals surface area contributed by atoms with Crippen LogP contribution in [0.2, 0.25) is 0 Å². The second kappa shape index (κ2) is 7.53. The number of hydrogen-bond acceptors (Lipinski definition) is 3. The summed E-state index contributed by atoms with van der Waals surface area (Å²) in [5, 5.41) is 5.85. The van der Waals surface area contributed by atoms with Crippen LogP contribution in [0.1, 0.15) is 56.9 Å². The first kappa shape index (κ1) is 18.9. The van der Waals surface area contributed by atoms with Crippen molar-refractivity contribution < 1.29 is 9.59 Å². The lowest BCUT2D eigenvalue weighted by Gasteiger charge is -2.60. The number of nitrogens with one attached hydrogen (secondary N) is 2. The van der Waals surface area contributed by atoms with E-state index in [1.807, 2.05) is 12.1 Å². The molecule has 2 atom stereocenters. The van der Waals surface area contributed by atoms with Crippen LogP contribution in [0, 0.1) is 17.3 Å². The van der Waals surface area contributed by atoms with Crippen LogP contribution >= 0.6 is 15.9 Å². The highest BCUT2D eigenvalue weighted by Crippen LogP contribution is 2.65. The molecule has 5 nitrogen and oxygen atoms in total. The number of amides is 2. The van der Waals surface area contributed by atoms with Crippen LogP contribution in [0.25, 0.3) is 0 Å². The molecular formula is C21H28BrN3O2. The normalized spacial score (nSPS) is 33.7. The molecular weight excluding hydrogens is 406 g/mol. The van der Waals surface area contributed by atoms with E-state index in [0.29, 0.717) is 25.9 Å². The fourth-order valence-corrected chi connectivity index (χ4v) is 7.56. The summed E-state index contributed by atoms with van der Waals surface area (Å²) in [5.74, 6) is 1.64. The quantitative estimate of drug-likeness (QED) is 0.647. The van der Waals surface area contributed by atoms with Crippen LogP contribution in [-0.4, -0.2) is 27.7 Å². The lowest BCUT2D eigenvalue weighted by Crippen LogP contribution is -2.54. The number of hydrogen-bond donors (Lipinski definition) is 2. The zero-order valence-corrected chi connectivity index (χ0v) is 17.3. The number of alkyl halides is 1. The summed E-state index contributed by atoms with van der Waals surface area (Å²) in [6.45, 7) is 0.901. The molecule has 1 aromatic rings. The van der Waals surface area contributed by atoms with Gasteiger partial charge in [0.05, 0.1) is 0 Å². The van der Waals surface area contributed by atoms with Gasteiger partial charge in [-0.3, -0.25) is 14.6 Å². The third-order valence-electron chi connectivity index (χ3n) is 6.56. The smallest absolute Gasteiger partial charge is 0.222 e. The van der Waals surface area contributed by atoms with E-state index in [2.05, 4.69) is 31.5 Å². The maximum atomic E-state index is 12.5. The Balaban J connectivity index is 1.20. The molecule has 0 spiro atoms. The Labute approximate surface area is 169 Å². The van der Waals surface area contributed by atoms with Crippen molar-refractivity contribution in [2.45, 2.75) is 62.2 Å². The number of pyridine rings is 1. The van der Waals surface area contributed by atoms with E-state index in [1.165, 1.54) is 32.1 Å². The molecule has 0 saturated heterocycles. The molecule has 4 aliphatic carbocycles. The van der Waals surface area contributed by atoms with E-state index in [-0.39, 0.29) is 21.6 Å². The summed E-state index contributed by atoms with van der Waals surface area (Å²) < 4.78 is 0.282. The minimum Gasteiger partial charge on any atom is -0.356 e. The number of carbonyl (C=O) groups is 2. The lowest BCUT2D eigenvalue weighted by atomic mass is 9.48. The molecule has 2 N–H and O–H groups in total. The molecule has 146 valence electrons. The Hall–Kier alpha value is -1.43. The Bertz CT molecular complexity index is 695. The molecule has 2 amide bonds. The van der Waals surface area contributed by atoms with E-state index in [4.69, 9.17) is 0 Å². The van der Waals surface area contributed by atoms with Crippen molar-refractivity contribution in [3.8, 4) is 0 Å². The van der Waals surface area contributed by atoms with Gasteiger partial charge in [-0.15, -0.1) is 0 Å². The number of rotatable bonds is 7. The summed E-state index contributed by atoms with van der Waals surface area (Å²) >= 11 is 4.00. The van der Waals surface area contributed by atoms with Crippen LogP contribution in [0.4, 0.5) is 0 Å². The van der Waals surface area contributed by atoms with Gasteiger partial charge in [0, 0.05) is 42.6 Å². The number of halogens is 1. The molecule has 2 unspecified atom stereocenters. The standard InChI is InChI=1S/C21H28BrN3O2/c22-21-10-16-7-17(11-21)9-20(8-16,14-21)12-19(27)24-6-3-18(26)25-13-15-1-4-23-5-2-15/h1-2,4-5,16-17H,3,6-14H2,(H,24,27)(H,25,26). The largest absolute Gasteiger partial charge is 0.356 e. The van der Waals surface area contributed by atoms with E-state index in [9.17, 15) is 9.59 Å². The molecule has 4 bridgehead atoms. The van der Waals surface area contributed by atoms with Gasteiger partial charge in [0.2, 0.25) is 11.8 Å². The molecule has 0 aliphatic heterocycles. The van der Waals surface area contributed by atoms with E-state index in [0.717, 1.165) is 23.8 Å². The molecule has 27 heavy (non-hydrogen) atoms. The first-order valence-electron chi connectivity index (χ1n) is 10.0. The zero-order valence-electron chi connectivity index (χ0n) is 15.7. The van der Waals surface area contributed by atoms with Crippen molar-refractivity contribution in [1.29, 1.82) is 0 Å². The molecule has 1 aromatic heterocycles. The van der Waals surface area contributed by atoms with Crippen molar-refractivity contribution in [3.63, 3.8) is 0 Å². The molecule has 4 saturated carbocycles. The number of aromatic nitrogens is 1. The van der Waals surface area contributed by atoms with Gasteiger partial charge in [-0.2, -0.15) is 0 Å². The number of nitrogens with zero attached hydrogens (tertiary/aromatic N) is 1. The first-order valence-corrected chi connectivity index (χ1v) is 10.8. The molecule has 4 fully saturated rings. The monoisotopic (exact) mass is 433 g/mol. The summed E-state index contributed by atoms with van der Waals surface area (Å²) in [6.07, 6.45) is 11.8. The van der Waals surface area contributed by atoms with Gasteiger partial charge in [-0.25, -0.2) is 0 Å². The second-order valence-corrected chi connectivity index (χ2v) is 10.7. The van der Waals surface area contributed by atoms with Gasteiger partial charge in [0.15, 0.2) is 0 Å². The minimum atomic E-state index is -0.0404. The van der Waals surface area contributed by atoms with Crippen LogP contribution in [-0.2, 0) is 16.1 Å². The van der Waals surface area contributed by atoms with Crippen molar-refractivity contribution in [2.24, 2.45) is 17.3 Å². The summed E-state index contributed by atoms with van der Waals surface area (Å²) in [6, 6.07) is 3.76. The fourth-order valence-electron chi connectivity index (χ4n) is 6.05. The van der Waals surface area contributed by atoms with Gasteiger partial charge >= 0.3 is 0 Å². The van der Waals surface area contributed by atoms with Crippen LogP contribution in [0.3, 0.4) is 0 Å². The molecule has 0 radical (unpaired) electrons. The van der Waals surface area contributed by atoms with Gasteiger partial charge in [-0.1, -0.05) is 15.9 Å². The van der Waals surface area contributed by atoms with Gasteiger partial charge in [0.25, 0.3) is 0 Å². The third kappa shape index (κ3) is 4.53. The highest BCUT2D eigenvalue weighted by atomic mass is 79.9. The molecule has 4 aliphatic rings. The molecule has 6 heteroatoms. The highest BCUT2D eigenvalue weighted by Gasteiger charge is 2.57. The van der Waals surface area contributed by atoms with Crippen molar-refractivity contribution in [2.75, 3.05) is 6.54 Å². The van der Waals surface area contributed by atoms with E-state index < -0.39 is 0 Å². The Kier molecular flexibility index (Phi) is 5.28. The van der Waals surface area contributed by atoms with Crippen molar-refractivity contribution in [1.82, 2.24) is 15.6 Å². The van der Waals surface area contributed by atoms with Gasteiger partial charge < -0.3 is 10.6 Å². The van der Waals surface area contributed by atoms with E-state index >= 15 is 0 Å². The fraction of sp³-hybridized carbons (Fsp3) is 0.667. The summed E-state index contributed by atoms with van der Waals surface area (Å²) in [7, 11) is 0. The van der Waals surface area contributed by atoms with Crippen LogP contribution in [0.15, 0.2) is 24.5 Å². The Morgan fingerprint density at radius 1 is 1.07 bits per heavy atom. The average molecular weight is 434 g/mol. The average Bonchev–Trinajstić information content (AvgIpc) is 2.58. The topological polar surface area (TPSA) is 71.1 Å². The lowest BCUT2D eigenvalue weighted by molar-refractivity contribution is -0.128. The highest BCUT2D eigenvalue weighted by molar-refractivity contribution is 9.10. The first-order chi connectivity index (χ1) is 12.9. The number of carbonyl (C=O) groups excluding carboxylic acids is 2. The van der Waals surface area contributed by atoms with Crippen molar-refractivity contribution in [3.05, 3.63) is 30.1 Å². The predicted octanol–water partition coefficient (Wildman–Crippen LogP) is 3.33. The van der Waals surface area contributed by atoms with Gasteiger partial charge in [-0.05, 0) is 73.5 Å². The second-order valence-electron chi connectivity index (χ2n) is 9.02.